The van der Waals surface area contributed by atoms with Crippen molar-refractivity contribution in [1.29, 1.82) is 0 Å². The van der Waals surface area contributed by atoms with Crippen LogP contribution < -0.4 is 5.32 Å². The van der Waals surface area contributed by atoms with Gasteiger partial charge in [-0.05, 0) is 49.4 Å². The Hall–Kier alpha value is -2.36. The van der Waals surface area contributed by atoms with E-state index in [-0.39, 0.29) is 5.82 Å². The van der Waals surface area contributed by atoms with Crippen molar-refractivity contribution in [3.05, 3.63) is 59.3 Å². The van der Waals surface area contributed by atoms with Crippen molar-refractivity contribution in [2.75, 3.05) is 11.9 Å². The Balaban J connectivity index is 1.83. The van der Waals surface area contributed by atoms with Crippen LogP contribution in [0.25, 0.3) is 10.9 Å². The van der Waals surface area contributed by atoms with Gasteiger partial charge in [0.1, 0.15) is 5.82 Å². The molecule has 0 bridgehead atoms. The number of rotatable bonds is 6. The summed E-state index contributed by atoms with van der Waals surface area (Å²) in [6.45, 7) is 10.6. The van der Waals surface area contributed by atoms with Crippen LogP contribution in [-0.4, -0.2) is 16.1 Å². The minimum Gasteiger partial charge on any atom is -0.383 e. The largest absolute Gasteiger partial charge is 0.383 e. The lowest BCUT2D eigenvalue weighted by Gasteiger charge is -2.11. The molecule has 0 unspecified atom stereocenters. The molecule has 1 aromatic carbocycles. The zero-order valence-electron chi connectivity index (χ0n) is 15.4. The molecule has 0 fully saturated rings. The van der Waals surface area contributed by atoms with Gasteiger partial charge in [0.15, 0.2) is 0 Å². The Morgan fingerprint density at radius 3 is 2.52 bits per heavy atom. The first-order valence-electron chi connectivity index (χ1n) is 8.89. The second-order valence-electron chi connectivity index (χ2n) is 7.10. The second kappa shape index (κ2) is 7.26. The molecule has 3 rings (SSSR count). The fourth-order valence-electron chi connectivity index (χ4n) is 3.34. The lowest BCUT2D eigenvalue weighted by Crippen LogP contribution is -2.07. The highest BCUT2D eigenvalue weighted by atomic mass is 19.1. The Labute approximate surface area is 148 Å². The number of anilines is 1. The highest BCUT2D eigenvalue weighted by molar-refractivity contribution is 5.95. The number of aryl methyl sites for hydroxylation is 1. The highest BCUT2D eigenvalue weighted by Gasteiger charge is 2.15. The molecule has 25 heavy (non-hydrogen) atoms. The summed E-state index contributed by atoms with van der Waals surface area (Å²) in [7, 11) is 0. The average molecular weight is 339 g/mol. The highest BCUT2D eigenvalue weighted by Crippen LogP contribution is 2.31. The summed E-state index contributed by atoms with van der Waals surface area (Å²) in [4.78, 5) is 4.44. The average Bonchev–Trinajstić information content (AvgIpc) is 2.82. The van der Waals surface area contributed by atoms with E-state index in [1.165, 1.54) is 34.3 Å². The van der Waals surface area contributed by atoms with Gasteiger partial charge in [-0.15, -0.1) is 0 Å². The standard InChI is InChI=1S/C21H26FN3/c1-14(2)13-25-16(4)15(3)21-19(11-23-12-20(21)25)24-10-9-17-5-7-18(22)8-6-17/h5-8,11-12,14,24H,9-10,13H2,1-4H3. The number of halogens is 1. The lowest BCUT2D eigenvalue weighted by molar-refractivity contribution is 0.527. The Kier molecular flexibility index (Phi) is 5.07. The minimum atomic E-state index is -0.191. The molecule has 4 heteroatoms. The van der Waals surface area contributed by atoms with E-state index in [0.717, 1.165) is 30.8 Å². The van der Waals surface area contributed by atoms with Gasteiger partial charge in [0, 0.05) is 24.2 Å². The third-order valence-corrected chi connectivity index (χ3v) is 4.73. The smallest absolute Gasteiger partial charge is 0.123 e. The molecule has 3 nitrogen and oxygen atoms in total. The number of benzene rings is 1. The van der Waals surface area contributed by atoms with E-state index in [1.54, 1.807) is 0 Å². The molecule has 3 aromatic rings. The van der Waals surface area contributed by atoms with Crippen LogP contribution in [0, 0.1) is 25.6 Å². The first-order chi connectivity index (χ1) is 12.0. The molecular weight excluding hydrogens is 313 g/mol. The van der Waals surface area contributed by atoms with Gasteiger partial charge in [-0.25, -0.2) is 4.39 Å². The molecule has 0 aliphatic rings. The SMILES string of the molecule is Cc1c(C)n(CC(C)C)c2cncc(NCCc3ccc(F)cc3)c12. The fraction of sp³-hybridized carbons (Fsp3) is 0.381. The first-order valence-corrected chi connectivity index (χ1v) is 8.89. The molecule has 0 radical (unpaired) electrons. The van der Waals surface area contributed by atoms with Crippen molar-refractivity contribution < 1.29 is 4.39 Å². The number of nitrogens with zero attached hydrogens (tertiary/aromatic N) is 2. The number of hydrogen-bond acceptors (Lipinski definition) is 2. The molecule has 0 aliphatic heterocycles. The monoisotopic (exact) mass is 339 g/mol. The van der Waals surface area contributed by atoms with Crippen molar-refractivity contribution in [2.24, 2.45) is 5.92 Å². The van der Waals surface area contributed by atoms with E-state index in [2.05, 4.69) is 42.6 Å². The third kappa shape index (κ3) is 3.68. The maximum Gasteiger partial charge on any atom is 0.123 e. The number of nitrogens with one attached hydrogen (secondary N) is 1. The summed E-state index contributed by atoms with van der Waals surface area (Å²) in [5.74, 6) is 0.395. The van der Waals surface area contributed by atoms with Crippen LogP contribution in [0.15, 0.2) is 36.7 Å². The Morgan fingerprint density at radius 1 is 1.12 bits per heavy atom. The van der Waals surface area contributed by atoms with Crippen molar-refractivity contribution in [3.63, 3.8) is 0 Å². The molecule has 2 aromatic heterocycles. The number of aromatic nitrogens is 2. The summed E-state index contributed by atoms with van der Waals surface area (Å²) in [6.07, 6.45) is 4.71. The predicted molar refractivity (Wildman–Crippen MR) is 103 cm³/mol. The van der Waals surface area contributed by atoms with Gasteiger partial charge in [-0.1, -0.05) is 26.0 Å². The summed E-state index contributed by atoms with van der Waals surface area (Å²) in [6, 6.07) is 6.70. The van der Waals surface area contributed by atoms with Crippen molar-refractivity contribution in [1.82, 2.24) is 9.55 Å². The van der Waals surface area contributed by atoms with E-state index in [4.69, 9.17) is 0 Å². The fourth-order valence-corrected chi connectivity index (χ4v) is 3.34. The van der Waals surface area contributed by atoms with E-state index in [1.807, 2.05) is 24.5 Å². The van der Waals surface area contributed by atoms with E-state index in [0.29, 0.717) is 5.92 Å². The molecule has 132 valence electrons. The van der Waals surface area contributed by atoms with Gasteiger partial charge < -0.3 is 9.88 Å². The van der Waals surface area contributed by atoms with Crippen LogP contribution in [-0.2, 0) is 13.0 Å². The van der Waals surface area contributed by atoms with Crippen LogP contribution in [0.2, 0.25) is 0 Å². The van der Waals surface area contributed by atoms with Crippen molar-refractivity contribution in [3.8, 4) is 0 Å². The van der Waals surface area contributed by atoms with E-state index in [9.17, 15) is 4.39 Å². The summed E-state index contributed by atoms with van der Waals surface area (Å²) >= 11 is 0. The van der Waals surface area contributed by atoms with Gasteiger partial charge >= 0.3 is 0 Å². The van der Waals surface area contributed by atoms with Crippen molar-refractivity contribution >= 4 is 16.6 Å². The summed E-state index contributed by atoms with van der Waals surface area (Å²) in [5.41, 5.74) is 6.00. The van der Waals surface area contributed by atoms with Gasteiger partial charge in [-0.2, -0.15) is 0 Å². The number of fused-ring (bicyclic) bond motifs is 1. The van der Waals surface area contributed by atoms with Crippen LogP contribution in [0.4, 0.5) is 10.1 Å². The number of pyridine rings is 1. The molecule has 0 aliphatic carbocycles. The van der Waals surface area contributed by atoms with Crippen LogP contribution >= 0.6 is 0 Å². The quantitative estimate of drug-likeness (QED) is 0.677. The Morgan fingerprint density at radius 2 is 1.84 bits per heavy atom. The molecule has 0 amide bonds. The third-order valence-electron chi connectivity index (χ3n) is 4.73. The Bertz CT molecular complexity index is 863. The number of hydrogen-bond donors (Lipinski definition) is 1. The molecule has 0 spiro atoms. The predicted octanol–water partition coefficient (Wildman–Crippen LogP) is 5.10. The summed E-state index contributed by atoms with van der Waals surface area (Å²) in [5, 5.41) is 4.77. The maximum atomic E-state index is 13.0. The first kappa shape index (κ1) is 17.5. The molecule has 0 saturated carbocycles. The maximum absolute atomic E-state index is 13.0. The van der Waals surface area contributed by atoms with Gasteiger partial charge in [0.2, 0.25) is 0 Å². The van der Waals surface area contributed by atoms with Gasteiger partial charge in [-0.3, -0.25) is 4.98 Å². The molecular formula is C21H26FN3. The topological polar surface area (TPSA) is 29.9 Å². The summed E-state index contributed by atoms with van der Waals surface area (Å²) < 4.78 is 15.4. The van der Waals surface area contributed by atoms with Gasteiger partial charge in [0.25, 0.3) is 0 Å². The molecule has 2 heterocycles. The molecule has 0 atom stereocenters. The van der Waals surface area contributed by atoms with Crippen molar-refractivity contribution in [2.45, 2.75) is 40.7 Å². The zero-order valence-corrected chi connectivity index (χ0v) is 15.4. The molecule has 1 N–H and O–H groups in total. The van der Waals surface area contributed by atoms with Crippen LogP contribution in [0.5, 0.6) is 0 Å². The zero-order chi connectivity index (χ0) is 18.0. The normalized spacial score (nSPS) is 11.4. The van der Waals surface area contributed by atoms with Crippen LogP contribution in [0.1, 0.15) is 30.7 Å². The lowest BCUT2D eigenvalue weighted by atomic mass is 10.1. The minimum absolute atomic E-state index is 0.191. The second-order valence-corrected chi connectivity index (χ2v) is 7.10. The van der Waals surface area contributed by atoms with E-state index >= 15 is 0 Å². The van der Waals surface area contributed by atoms with Gasteiger partial charge in [0.05, 0.1) is 23.6 Å². The van der Waals surface area contributed by atoms with E-state index < -0.39 is 0 Å². The molecule has 0 saturated heterocycles. The van der Waals surface area contributed by atoms with Crippen LogP contribution in [0.3, 0.4) is 0 Å².